The van der Waals surface area contributed by atoms with E-state index in [2.05, 4.69) is 22.8 Å². The average molecular weight is 319 g/mol. The van der Waals surface area contributed by atoms with E-state index in [0.29, 0.717) is 0 Å². The Kier molecular flexibility index (Phi) is 3.38. The van der Waals surface area contributed by atoms with Crippen LogP contribution >= 0.6 is 0 Å². The predicted octanol–water partition coefficient (Wildman–Crippen LogP) is 4.04. The number of carboxylic acid groups (broad SMARTS) is 1. The molecule has 2 N–H and O–H groups in total. The molecule has 1 heterocycles. The Balaban J connectivity index is 1.95. The smallest absolute Gasteiger partial charge is 0.339 e. The number of nitrogens with zero attached hydrogens (tertiary/aromatic N) is 1. The first-order valence-electron chi connectivity index (χ1n) is 8.01. The van der Waals surface area contributed by atoms with E-state index in [1.807, 2.05) is 18.2 Å². The zero-order valence-electron chi connectivity index (χ0n) is 13.1. The maximum Gasteiger partial charge on any atom is 0.339 e. The fraction of sp³-hybridized carbons (Fsp3) is 0.150. The van der Waals surface area contributed by atoms with Gasteiger partial charge >= 0.3 is 5.97 Å². The molecule has 0 bridgehead atoms. The molecule has 2 aromatic carbocycles. The third-order valence-corrected chi connectivity index (χ3v) is 4.59. The van der Waals surface area contributed by atoms with Crippen molar-refractivity contribution >= 4 is 5.97 Å². The number of hydrogen-bond acceptors (Lipinski definition) is 2. The molecule has 0 radical (unpaired) electrons. The number of phenols is 1. The summed E-state index contributed by atoms with van der Waals surface area (Å²) in [5.74, 6) is -1.34. The summed E-state index contributed by atoms with van der Waals surface area (Å²) < 4.78 is 2.13. The molecule has 1 aromatic heterocycles. The number of rotatable bonds is 3. The van der Waals surface area contributed by atoms with E-state index in [4.69, 9.17) is 0 Å². The predicted molar refractivity (Wildman–Crippen MR) is 91.9 cm³/mol. The summed E-state index contributed by atoms with van der Waals surface area (Å²) in [4.78, 5) is 11.4. The van der Waals surface area contributed by atoms with Gasteiger partial charge in [-0.15, -0.1) is 0 Å². The number of carbonyl (C=O) groups is 1. The van der Waals surface area contributed by atoms with Gasteiger partial charge in [0.1, 0.15) is 11.3 Å². The normalized spacial score (nSPS) is 13.0. The van der Waals surface area contributed by atoms with Crippen molar-refractivity contribution in [1.29, 1.82) is 0 Å². The second-order valence-corrected chi connectivity index (χ2v) is 6.06. The highest BCUT2D eigenvalue weighted by molar-refractivity contribution is 5.91. The number of carboxylic acids is 1. The molecule has 0 saturated heterocycles. The molecular formula is C20H17NO3. The minimum atomic E-state index is -1.13. The van der Waals surface area contributed by atoms with Gasteiger partial charge in [-0.05, 0) is 54.7 Å². The fourth-order valence-corrected chi connectivity index (χ4v) is 3.49. The molecule has 0 amide bonds. The van der Waals surface area contributed by atoms with Crippen molar-refractivity contribution in [1.82, 2.24) is 4.57 Å². The van der Waals surface area contributed by atoms with Crippen LogP contribution in [0.15, 0.2) is 54.6 Å². The summed E-state index contributed by atoms with van der Waals surface area (Å²) >= 11 is 0. The van der Waals surface area contributed by atoms with Crippen LogP contribution in [-0.2, 0) is 12.8 Å². The van der Waals surface area contributed by atoms with Crippen LogP contribution in [0.25, 0.3) is 16.9 Å². The molecule has 0 atom stereocenters. The maximum absolute atomic E-state index is 11.4. The van der Waals surface area contributed by atoms with Crippen molar-refractivity contribution < 1.29 is 15.0 Å². The lowest BCUT2D eigenvalue weighted by Crippen LogP contribution is -2.04. The minimum absolute atomic E-state index is 0.0769. The van der Waals surface area contributed by atoms with Crippen molar-refractivity contribution in [2.24, 2.45) is 0 Å². The molecule has 1 aliphatic rings. The summed E-state index contributed by atoms with van der Waals surface area (Å²) in [6.45, 7) is 0. The summed E-state index contributed by atoms with van der Waals surface area (Å²) in [6, 6.07) is 17.1. The van der Waals surface area contributed by atoms with Crippen molar-refractivity contribution in [3.05, 3.63) is 71.4 Å². The molecule has 4 rings (SSSR count). The first kappa shape index (κ1) is 14.6. The number of fused-ring (bicyclic) bond motifs is 1. The van der Waals surface area contributed by atoms with Gasteiger partial charge in [0.15, 0.2) is 0 Å². The molecule has 0 unspecified atom stereocenters. The van der Waals surface area contributed by atoms with E-state index < -0.39 is 5.97 Å². The number of hydrogen-bond donors (Lipinski definition) is 2. The maximum atomic E-state index is 11.4. The Bertz CT molecular complexity index is 926. The van der Waals surface area contributed by atoms with Crippen LogP contribution < -0.4 is 0 Å². The Morgan fingerprint density at radius 1 is 1.00 bits per heavy atom. The van der Waals surface area contributed by atoms with E-state index in [0.717, 1.165) is 36.2 Å². The van der Waals surface area contributed by atoms with Crippen LogP contribution in [0.1, 0.15) is 28.0 Å². The Morgan fingerprint density at radius 3 is 2.54 bits per heavy atom. The Hall–Kier alpha value is -3.01. The van der Waals surface area contributed by atoms with E-state index in [-0.39, 0.29) is 11.3 Å². The van der Waals surface area contributed by atoms with Crippen molar-refractivity contribution in [3.63, 3.8) is 0 Å². The molecule has 0 fully saturated rings. The van der Waals surface area contributed by atoms with Crippen molar-refractivity contribution in [3.8, 4) is 22.7 Å². The Labute approximate surface area is 139 Å². The van der Waals surface area contributed by atoms with Gasteiger partial charge in [0.05, 0.1) is 5.69 Å². The summed E-state index contributed by atoms with van der Waals surface area (Å²) in [6.07, 6.45) is 3.14. The summed E-state index contributed by atoms with van der Waals surface area (Å²) in [5.41, 5.74) is 5.40. The van der Waals surface area contributed by atoms with Crippen molar-refractivity contribution in [2.45, 2.75) is 19.3 Å². The van der Waals surface area contributed by atoms with Crippen LogP contribution in [0.3, 0.4) is 0 Å². The van der Waals surface area contributed by atoms with Crippen LogP contribution in [-0.4, -0.2) is 20.7 Å². The highest BCUT2D eigenvalue weighted by Crippen LogP contribution is 2.35. The molecule has 3 aromatic rings. The highest BCUT2D eigenvalue weighted by atomic mass is 16.4. The number of aromatic nitrogens is 1. The van der Waals surface area contributed by atoms with Crippen LogP contribution in [0, 0.1) is 0 Å². The van der Waals surface area contributed by atoms with Crippen molar-refractivity contribution in [2.75, 3.05) is 0 Å². The third kappa shape index (κ3) is 2.27. The van der Waals surface area contributed by atoms with E-state index >= 15 is 0 Å². The number of aromatic carboxylic acids is 1. The summed E-state index contributed by atoms with van der Waals surface area (Å²) in [5, 5.41) is 19.1. The molecule has 120 valence electrons. The largest absolute Gasteiger partial charge is 0.507 e. The zero-order chi connectivity index (χ0) is 16.7. The van der Waals surface area contributed by atoms with Gasteiger partial charge < -0.3 is 14.8 Å². The van der Waals surface area contributed by atoms with Crippen LogP contribution in [0.4, 0.5) is 0 Å². The highest BCUT2D eigenvalue weighted by Gasteiger charge is 2.22. The number of benzene rings is 2. The number of aryl methyl sites for hydroxylation is 1. The zero-order valence-corrected chi connectivity index (χ0v) is 13.1. The third-order valence-electron chi connectivity index (χ3n) is 4.59. The molecule has 1 aliphatic carbocycles. The van der Waals surface area contributed by atoms with Crippen LogP contribution in [0.5, 0.6) is 5.75 Å². The molecular weight excluding hydrogens is 302 g/mol. The molecule has 4 nitrogen and oxygen atoms in total. The topological polar surface area (TPSA) is 62.5 Å². The van der Waals surface area contributed by atoms with E-state index in [1.165, 1.54) is 17.3 Å². The first-order valence-corrected chi connectivity index (χ1v) is 8.01. The monoisotopic (exact) mass is 319 g/mol. The quantitative estimate of drug-likeness (QED) is 0.766. The lowest BCUT2D eigenvalue weighted by molar-refractivity contribution is 0.0693. The fourth-order valence-electron chi connectivity index (χ4n) is 3.49. The van der Waals surface area contributed by atoms with E-state index in [9.17, 15) is 15.0 Å². The number of aromatic hydroxyl groups is 1. The molecule has 0 spiro atoms. The first-order chi connectivity index (χ1) is 11.6. The second kappa shape index (κ2) is 5.57. The van der Waals surface area contributed by atoms with Gasteiger partial charge in [-0.2, -0.15) is 0 Å². The van der Waals surface area contributed by atoms with Gasteiger partial charge in [-0.1, -0.05) is 30.3 Å². The van der Waals surface area contributed by atoms with Gasteiger partial charge in [0.25, 0.3) is 0 Å². The molecule has 0 saturated carbocycles. The Morgan fingerprint density at radius 2 is 1.79 bits per heavy atom. The average Bonchev–Trinajstić information content (AvgIpc) is 3.17. The lowest BCUT2D eigenvalue weighted by atomic mass is 10.1. The van der Waals surface area contributed by atoms with Gasteiger partial charge in [-0.3, -0.25) is 0 Å². The minimum Gasteiger partial charge on any atom is -0.507 e. The molecule has 24 heavy (non-hydrogen) atoms. The van der Waals surface area contributed by atoms with Gasteiger partial charge in [0, 0.05) is 11.4 Å². The van der Waals surface area contributed by atoms with Crippen LogP contribution in [0.2, 0.25) is 0 Å². The standard InChI is InChI=1S/C20H17NO3/c22-19-10-9-15(12-16(19)20(23)24)21-17-8-4-7-14(17)11-18(21)13-5-2-1-3-6-13/h1-3,5-6,9-12,22H,4,7-8H2,(H,23,24). The van der Waals surface area contributed by atoms with Gasteiger partial charge in [0.2, 0.25) is 0 Å². The van der Waals surface area contributed by atoms with E-state index in [1.54, 1.807) is 12.1 Å². The second-order valence-electron chi connectivity index (χ2n) is 6.06. The molecule has 0 aliphatic heterocycles. The van der Waals surface area contributed by atoms with Gasteiger partial charge in [-0.25, -0.2) is 4.79 Å². The lowest BCUT2D eigenvalue weighted by Gasteiger charge is -2.14. The SMILES string of the molecule is O=C(O)c1cc(-n2c(-c3ccccc3)cc3c2CCC3)ccc1O. The summed E-state index contributed by atoms with van der Waals surface area (Å²) in [7, 11) is 0. The molecule has 4 heteroatoms.